The van der Waals surface area contributed by atoms with Gasteiger partial charge >= 0.3 is 5.97 Å². The Morgan fingerprint density at radius 3 is 2.61 bits per heavy atom. The van der Waals surface area contributed by atoms with Crippen LogP contribution in [0.4, 0.5) is 5.69 Å². The minimum Gasteiger partial charge on any atom is -0.445 e. The maximum absolute atomic E-state index is 12.6. The highest BCUT2D eigenvalue weighted by Gasteiger charge is 2.42. The standard InChI is InChI=1S/C18H16BrNO3/c1-11-3-8-15-12(9-11)10-18(2,23-16(15)21)17(22)20-14-6-4-13(19)5-7-14/h3-9H,10H2,1-2H3,(H,20,22). The summed E-state index contributed by atoms with van der Waals surface area (Å²) < 4.78 is 6.36. The highest BCUT2D eigenvalue weighted by atomic mass is 79.9. The molecule has 0 spiro atoms. The van der Waals surface area contributed by atoms with Gasteiger partial charge in [-0.15, -0.1) is 0 Å². The number of carbonyl (C=O) groups is 2. The molecule has 1 atom stereocenters. The molecule has 4 nitrogen and oxygen atoms in total. The molecule has 1 aliphatic heterocycles. The zero-order valence-electron chi connectivity index (χ0n) is 12.9. The van der Waals surface area contributed by atoms with E-state index in [0.717, 1.165) is 15.6 Å². The predicted molar refractivity (Wildman–Crippen MR) is 91.5 cm³/mol. The van der Waals surface area contributed by atoms with E-state index >= 15 is 0 Å². The van der Waals surface area contributed by atoms with E-state index in [0.29, 0.717) is 17.7 Å². The number of cyclic esters (lactones) is 1. The van der Waals surface area contributed by atoms with Crippen LogP contribution in [0.15, 0.2) is 46.9 Å². The maximum atomic E-state index is 12.6. The van der Waals surface area contributed by atoms with Gasteiger partial charge in [-0.3, -0.25) is 4.79 Å². The van der Waals surface area contributed by atoms with Crippen molar-refractivity contribution < 1.29 is 14.3 Å². The predicted octanol–water partition coefficient (Wildman–Crippen LogP) is 3.87. The summed E-state index contributed by atoms with van der Waals surface area (Å²) in [6, 6.07) is 12.8. The number of aryl methyl sites for hydroxylation is 1. The molecule has 1 amide bonds. The number of carbonyl (C=O) groups excluding carboxylic acids is 2. The molecule has 118 valence electrons. The lowest BCUT2D eigenvalue weighted by Crippen LogP contribution is -2.48. The smallest absolute Gasteiger partial charge is 0.339 e. The number of nitrogens with one attached hydrogen (secondary N) is 1. The van der Waals surface area contributed by atoms with Crippen molar-refractivity contribution in [2.24, 2.45) is 0 Å². The number of esters is 1. The van der Waals surface area contributed by atoms with Crippen LogP contribution >= 0.6 is 15.9 Å². The average molecular weight is 374 g/mol. The molecule has 1 N–H and O–H groups in total. The first kappa shape index (κ1) is 15.7. The van der Waals surface area contributed by atoms with Crippen molar-refractivity contribution in [1.29, 1.82) is 0 Å². The molecular weight excluding hydrogens is 358 g/mol. The normalized spacial score (nSPS) is 19.7. The number of hydrogen-bond donors (Lipinski definition) is 1. The van der Waals surface area contributed by atoms with E-state index in [4.69, 9.17) is 4.74 Å². The quantitative estimate of drug-likeness (QED) is 0.812. The molecule has 2 aromatic carbocycles. The molecule has 0 aromatic heterocycles. The van der Waals surface area contributed by atoms with Gasteiger partial charge in [-0.2, -0.15) is 0 Å². The molecular formula is C18H16BrNO3. The zero-order chi connectivity index (χ0) is 16.6. The van der Waals surface area contributed by atoms with Crippen LogP contribution in [0, 0.1) is 6.92 Å². The summed E-state index contributed by atoms with van der Waals surface area (Å²) in [4.78, 5) is 24.8. The summed E-state index contributed by atoms with van der Waals surface area (Å²) in [5.41, 5.74) is 1.86. The Labute approximate surface area is 143 Å². The van der Waals surface area contributed by atoms with Crippen LogP contribution in [0.25, 0.3) is 0 Å². The van der Waals surface area contributed by atoms with Gasteiger partial charge < -0.3 is 10.1 Å². The van der Waals surface area contributed by atoms with Gasteiger partial charge in [-0.25, -0.2) is 4.79 Å². The van der Waals surface area contributed by atoms with E-state index in [2.05, 4.69) is 21.2 Å². The van der Waals surface area contributed by atoms with Crippen molar-refractivity contribution in [1.82, 2.24) is 0 Å². The number of ether oxygens (including phenoxy) is 1. The van der Waals surface area contributed by atoms with E-state index in [9.17, 15) is 9.59 Å². The summed E-state index contributed by atoms with van der Waals surface area (Å²) >= 11 is 3.35. The van der Waals surface area contributed by atoms with Gasteiger partial charge in [0.15, 0.2) is 5.60 Å². The molecule has 2 aromatic rings. The molecule has 3 rings (SSSR count). The molecule has 0 fully saturated rings. The van der Waals surface area contributed by atoms with Gasteiger partial charge in [-0.1, -0.05) is 33.6 Å². The number of halogens is 1. The van der Waals surface area contributed by atoms with Crippen LogP contribution in [0.2, 0.25) is 0 Å². The van der Waals surface area contributed by atoms with Crippen molar-refractivity contribution in [3.8, 4) is 0 Å². The summed E-state index contributed by atoms with van der Waals surface area (Å²) in [6.07, 6.45) is 0.359. The Hall–Kier alpha value is -2.14. The van der Waals surface area contributed by atoms with Crippen LogP contribution in [0.3, 0.4) is 0 Å². The minimum absolute atomic E-state index is 0.333. The third-order valence-corrected chi connectivity index (χ3v) is 4.44. The second-order valence-electron chi connectivity index (χ2n) is 5.92. The summed E-state index contributed by atoms with van der Waals surface area (Å²) in [5.74, 6) is -0.792. The Bertz CT molecular complexity index is 785. The molecule has 5 heteroatoms. The topological polar surface area (TPSA) is 55.4 Å². The third-order valence-electron chi connectivity index (χ3n) is 3.91. The second-order valence-corrected chi connectivity index (χ2v) is 6.83. The first-order valence-electron chi connectivity index (χ1n) is 7.27. The fourth-order valence-electron chi connectivity index (χ4n) is 2.65. The van der Waals surface area contributed by atoms with Crippen molar-refractivity contribution in [3.05, 3.63) is 63.6 Å². The van der Waals surface area contributed by atoms with Gasteiger partial charge in [0.2, 0.25) is 0 Å². The van der Waals surface area contributed by atoms with Crippen molar-refractivity contribution in [3.63, 3.8) is 0 Å². The molecule has 1 heterocycles. The van der Waals surface area contributed by atoms with Gasteiger partial charge in [0.25, 0.3) is 5.91 Å². The minimum atomic E-state index is -1.22. The maximum Gasteiger partial charge on any atom is 0.339 e. The fourth-order valence-corrected chi connectivity index (χ4v) is 2.91. The lowest BCUT2D eigenvalue weighted by molar-refractivity contribution is -0.134. The van der Waals surface area contributed by atoms with Gasteiger partial charge in [0.1, 0.15) is 0 Å². The Balaban J connectivity index is 1.85. The van der Waals surface area contributed by atoms with Crippen molar-refractivity contribution in [2.75, 3.05) is 5.32 Å². The molecule has 0 radical (unpaired) electrons. The van der Waals surface area contributed by atoms with Crippen LogP contribution in [-0.2, 0) is 16.0 Å². The van der Waals surface area contributed by atoms with Crippen molar-refractivity contribution >= 4 is 33.5 Å². The van der Waals surface area contributed by atoms with Gasteiger partial charge in [0.05, 0.1) is 5.56 Å². The monoisotopic (exact) mass is 373 g/mol. The SMILES string of the molecule is Cc1ccc2c(c1)CC(C)(C(=O)Nc1ccc(Br)cc1)OC2=O. The Kier molecular flexibility index (Phi) is 3.98. The fraction of sp³-hybridized carbons (Fsp3) is 0.222. The van der Waals surface area contributed by atoms with Gasteiger partial charge in [-0.05, 0) is 49.7 Å². The van der Waals surface area contributed by atoms with E-state index in [1.807, 2.05) is 31.2 Å². The Morgan fingerprint density at radius 1 is 1.22 bits per heavy atom. The zero-order valence-corrected chi connectivity index (χ0v) is 14.4. The number of anilines is 1. The Morgan fingerprint density at radius 2 is 1.91 bits per heavy atom. The lowest BCUT2D eigenvalue weighted by Gasteiger charge is -2.33. The second kappa shape index (κ2) is 5.81. The molecule has 0 bridgehead atoms. The van der Waals surface area contributed by atoms with E-state index in [1.54, 1.807) is 25.1 Å². The van der Waals surface area contributed by atoms with E-state index in [-0.39, 0.29) is 5.91 Å². The number of amides is 1. The van der Waals surface area contributed by atoms with Crippen LogP contribution in [-0.4, -0.2) is 17.5 Å². The van der Waals surface area contributed by atoms with Crippen LogP contribution in [0.1, 0.15) is 28.4 Å². The van der Waals surface area contributed by atoms with Crippen molar-refractivity contribution in [2.45, 2.75) is 25.9 Å². The number of benzene rings is 2. The molecule has 0 aliphatic carbocycles. The molecule has 1 unspecified atom stereocenters. The molecule has 1 aliphatic rings. The van der Waals surface area contributed by atoms with Crippen LogP contribution < -0.4 is 5.32 Å². The largest absolute Gasteiger partial charge is 0.445 e. The summed E-state index contributed by atoms with van der Waals surface area (Å²) in [5, 5.41) is 2.81. The average Bonchev–Trinajstić information content (AvgIpc) is 2.48. The summed E-state index contributed by atoms with van der Waals surface area (Å²) in [6.45, 7) is 3.60. The lowest BCUT2D eigenvalue weighted by atomic mass is 9.88. The molecule has 23 heavy (non-hydrogen) atoms. The van der Waals surface area contributed by atoms with Crippen LogP contribution in [0.5, 0.6) is 0 Å². The number of fused-ring (bicyclic) bond motifs is 1. The molecule has 0 saturated heterocycles. The highest BCUT2D eigenvalue weighted by molar-refractivity contribution is 9.10. The number of hydrogen-bond acceptors (Lipinski definition) is 3. The number of rotatable bonds is 2. The third kappa shape index (κ3) is 3.15. The first-order chi connectivity index (χ1) is 10.9. The summed E-state index contributed by atoms with van der Waals surface area (Å²) in [7, 11) is 0. The van der Waals surface area contributed by atoms with Gasteiger partial charge in [0, 0.05) is 16.6 Å². The van der Waals surface area contributed by atoms with E-state index in [1.165, 1.54) is 0 Å². The first-order valence-corrected chi connectivity index (χ1v) is 8.06. The van der Waals surface area contributed by atoms with E-state index < -0.39 is 11.6 Å². The highest BCUT2D eigenvalue weighted by Crippen LogP contribution is 2.30. The molecule has 0 saturated carbocycles.